The Bertz CT molecular complexity index is 1420. The minimum Gasteiger partial charge on any atom is -0.497 e. The van der Waals surface area contributed by atoms with E-state index in [9.17, 15) is 0 Å². The van der Waals surface area contributed by atoms with Gasteiger partial charge in [-0.15, -0.1) is 0 Å². The van der Waals surface area contributed by atoms with Crippen LogP contribution in [0.1, 0.15) is 23.2 Å². The monoisotopic (exact) mass is 455 g/mol. The molecule has 3 aromatic carbocycles. The van der Waals surface area contributed by atoms with Gasteiger partial charge in [0.1, 0.15) is 17.8 Å². The Kier molecular flexibility index (Phi) is 6.06. The Labute approximate surface area is 199 Å². The second kappa shape index (κ2) is 9.29. The van der Waals surface area contributed by atoms with E-state index in [2.05, 4.69) is 76.9 Å². The molecule has 0 saturated heterocycles. The van der Waals surface area contributed by atoms with Crippen molar-refractivity contribution in [3.8, 4) is 5.75 Å². The van der Waals surface area contributed by atoms with Gasteiger partial charge >= 0.3 is 0 Å². The minimum absolute atomic E-state index is 0.753. The SMILES string of the molecule is COc1ccc2c3cc[n+](CCCc4ccccc4)c(C)c3n(Cc3cccc(Cl)c3)c2c1. The van der Waals surface area contributed by atoms with Gasteiger partial charge in [-0.25, -0.2) is 4.57 Å². The third-order valence-corrected chi connectivity index (χ3v) is 6.68. The predicted octanol–water partition coefficient (Wildman–Crippen LogP) is 6.73. The number of hydrogen-bond acceptors (Lipinski definition) is 1. The molecule has 0 aliphatic rings. The summed E-state index contributed by atoms with van der Waals surface area (Å²) in [6, 6.07) is 27.4. The molecule has 5 rings (SSSR count). The van der Waals surface area contributed by atoms with Crippen LogP contribution in [0, 0.1) is 6.92 Å². The van der Waals surface area contributed by atoms with E-state index in [1.165, 1.54) is 38.6 Å². The first-order valence-electron chi connectivity index (χ1n) is 11.4. The molecular weight excluding hydrogens is 428 g/mol. The van der Waals surface area contributed by atoms with Crippen molar-refractivity contribution in [2.75, 3.05) is 7.11 Å². The molecule has 4 heteroatoms. The van der Waals surface area contributed by atoms with Crippen LogP contribution in [0.15, 0.2) is 85.1 Å². The van der Waals surface area contributed by atoms with Gasteiger partial charge in [0.2, 0.25) is 5.69 Å². The van der Waals surface area contributed by atoms with E-state index in [1.54, 1.807) is 7.11 Å². The molecule has 2 heterocycles. The average Bonchev–Trinajstić information content (AvgIpc) is 3.14. The molecule has 2 aromatic heterocycles. The summed E-state index contributed by atoms with van der Waals surface area (Å²) in [6.07, 6.45) is 4.41. The molecule has 0 aliphatic heterocycles. The van der Waals surface area contributed by atoms with Crippen LogP contribution in [0.2, 0.25) is 5.02 Å². The van der Waals surface area contributed by atoms with Crippen molar-refractivity contribution < 1.29 is 9.30 Å². The highest BCUT2D eigenvalue weighted by Crippen LogP contribution is 2.33. The van der Waals surface area contributed by atoms with Crippen LogP contribution in [0.5, 0.6) is 5.75 Å². The van der Waals surface area contributed by atoms with Gasteiger partial charge < -0.3 is 9.30 Å². The molecule has 0 atom stereocenters. The summed E-state index contributed by atoms with van der Waals surface area (Å²) in [5.74, 6) is 0.867. The zero-order valence-corrected chi connectivity index (χ0v) is 19.8. The zero-order valence-electron chi connectivity index (χ0n) is 19.1. The summed E-state index contributed by atoms with van der Waals surface area (Å²) >= 11 is 6.30. The first-order chi connectivity index (χ1) is 16.1. The van der Waals surface area contributed by atoms with Gasteiger partial charge in [-0.2, -0.15) is 0 Å². The molecule has 0 radical (unpaired) electrons. The van der Waals surface area contributed by atoms with Gasteiger partial charge in [-0.1, -0.05) is 54.1 Å². The lowest BCUT2D eigenvalue weighted by Gasteiger charge is -2.10. The average molecular weight is 456 g/mol. The second-order valence-corrected chi connectivity index (χ2v) is 8.98. The largest absolute Gasteiger partial charge is 0.497 e. The Morgan fingerprint density at radius 2 is 1.70 bits per heavy atom. The van der Waals surface area contributed by atoms with Crippen LogP contribution < -0.4 is 9.30 Å². The van der Waals surface area contributed by atoms with Gasteiger partial charge in [-0.05, 0) is 41.8 Å². The summed E-state index contributed by atoms with van der Waals surface area (Å²) in [4.78, 5) is 0. The van der Waals surface area contributed by atoms with Crippen LogP contribution >= 0.6 is 11.6 Å². The third kappa shape index (κ3) is 4.34. The van der Waals surface area contributed by atoms with E-state index in [0.717, 1.165) is 36.7 Å². The molecule has 0 unspecified atom stereocenters. The van der Waals surface area contributed by atoms with Gasteiger partial charge in [0, 0.05) is 47.8 Å². The van der Waals surface area contributed by atoms with Crippen molar-refractivity contribution in [1.82, 2.24) is 4.57 Å². The van der Waals surface area contributed by atoms with E-state index in [-0.39, 0.29) is 0 Å². The van der Waals surface area contributed by atoms with E-state index in [1.807, 2.05) is 24.3 Å². The fourth-order valence-electron chi connectivity index (χ4n) is 4.78. The van der Waals surface area contributed by atoms with Crippen LogP contribution in [0.3, 0.4) is 0 Å². The smallest absolute Gasteiger partial charge is 0.202 e. The first kappa shape index (κ1) is 21.5. The van der Waals surface area contributed by atoms with Gasteiger partial charge in [0.25, 0.3) is 0 Å². The summed E-state index contributed by atoms with van der Waals surface area (Å²) < 4.78 is 10.3. The number of ether oxygens (including phenoxy) is 1. The lowest BCUT2D eigenvalue weighted by atomic mass is 10.1. The lowest BCUT2D eigenvalue weighted by Crippen LogP contribution is -2.37. The maximum absolute atomic E-state index is 6.30. The number of aromatic nitrogens is 2. The summed E-state index contributed by atoms with van der Waals surface area (Å²) in [7, 11) is 1.72. The van der Waals surface area contributed by atoms with Crippen molar-refractivity contribution in [2.24, 2.45) is 0 Å². The molecule has 0 N–H and O–H groups in total. The van der Waals surface area contributed by atoms with Crippen LogP contribution in [0.4, 0.5) is 0 Å². The standard InChI is InChI=1S/C29H28ClN2O/c1-21-29-27(15-17-31(21)16-7-11-22-8-4-3-5-9-22)26-14-13-25(33-2)19-28(26)32(29)20-23-10-6-12-24(30)18-23/h3-6,8-10,12-15,17-19H,7,11,16,20H2,1-2H3/q+1. The number of aryl methyl sites for hydroxylation is 3. The molecular formula is C29H28ClN2O+. The maximum Gasteiger partial charge on any atom is 0.202 e. The van der Waals surface area contributed by atoms with Crippen molar-refractivity contribution in [3.63, 3.8) is 0 Å². The number of fused-ring (bicyclic) bond motifs is 3. The van der Waals surface area contributed by atoms with Crippen molar-refractivity contribution in [1.29, 1.82) is 0 Å². The summed E-state index contributed by atoms with van der Waals surface area (Å²) in [6.45, 7) is 3.97. The molecule has 0 spiro atoms. The number of nitrogens with zero attached hydrogens (tertiary/aromatic N) is 2. The number of benzene rings is 3. The summed E-state index contributed by atoms with van der Waals surface area (Å²) in [5, 5.41) is 3.28. The minimum atomic E-state index is 0.753. The number of methoxy groups -OCH3 is 1. The summed E-state index contributed by atoms with van der Waals surface area (Å²) in [5.41, 5.74) is 6.29. The Balaban J connectivity index is 1.58. The molecule has 166 valence electrons. The van der Waals surface area contributed by atoms with Crippen LogP contribution in [0.25, 0.3) is 21.8 Å². The van der Waals surface area contributed by atoms with Crippen molar-refractivity contribution in [3.05, 3.63) is 107 Å². The van der Waals surface area contributed by atoms with Gasteiger partial charge in [0.05, 0.1) is 12.6 Å². The van der Waals surface area contributed by atoms with E-state index in [0.29, 0.717) is 0 Å². The quantitative estimate of drug-likeness (QED) is 0.249. The molecule has 0 fully saturated rings. The van der Waals surface area contributed by atoms with Gasteiger partial charge in [0.15, 0.2) is 6.20 Å². The maximum atomic E-state index is 6.30. The Morgan fingerprint density at radius 3 is 2.48 bits per heavy atom. The van der Waals surface area contributed by atoms with Crippen molar-refractivity contribution in [2.45, 2.75) is 32.9 Å². The second-order valence-electron chi connectivity index (χ2n) is 8.55. The fraction of sp³-hybridized carbons (Fsp3) is 0.207. The molecule has 0 amide bonds. The number of rotatable bonds is 7. The molecule has 5 aromatic rings. The Morgan fingerprint density at radius 1 is 0.879 bits per heavy atom. The normalized spacial score (nSPS) is 11.4. The number of halogens is 1. The molecule has 3 nitrogen and oxygen atoms in total. The fourth-order valence-corrected chi connectivity index (χ4v) is 4.99. The van der Waals surface area contributed by atoms with E-state index >= 15 is 0 Å². The topological polar surface area (TPSA) is 18.0 Å². The zero-order chi connectivity index (χ0) is 22.8. The highest BCUT2D eigenvalue weighted by atomic mass is 35.5. The number of pyridine rings is 1. The molecule has 33 heavy (non-hydrogen) atoms. The lowest BCUT2D eigenvalue weighted by molar-refractivity contribution is -0.701. The predicted molar refractivity (Wildman–Crippen MR) is 136 cm³/mol. The van der Waals surface area contributed by atoms with Crippen molar-refractivity contribution >= 4 is 33.4 Å². The highest BCUT2D eigenvalue weighted by molar-refractivity contribution is 6.30. The van der Waals surface area contributed by atoms with E-state index in [4.69, 9.17) is 16.3 Å². The van der Waals surface area contributed by atoms with Crippen LogP contribution in [-0.4, -0.2) is 11.7 Å². The van der Waals surface area contributed by atoms with Gasteiger partial charge in [-0.3, -0.25) is 0 Å². The third-order valence-electron chi connectivity index (χ3n) is 6.44. The Hall–Kier alpha value is -3.30. The molecule has 0 aliphatic carbocycles. The first-order valence-corrected chi connectivity index (χ1v) is 11.8. The highest BCUT2D eigenvalue weighted by Gasteiger charge is 2.20. The molecule has 0 bridgehead atoms. The molecule has 0 saturated carbocycles. The van der Waals surface area contributed by atoms with Crippen LogP contribution in [-0.2, 0) is 19.5 Å². The number of hydrogen-bond donors (Lipinski definition) is 0. The van der Waals surface area contributed by atoms with E-state index < -0.39 is 0 Å².